The summed E-state index contributed by atoms with van der Waals surface area (Å²) in [4.78, 5) is 0. The molecule has 0 fully saturated rings. The smallest absolute Gasteiger partial charge is 0.241 e. The molecule has 4 aromatic rings. The molecule has 0 saturated heterocycles. The minimum absolute atomic E-state index is 0.516. The first kappa shape index (κ1) is 16.2. The molecule has 0 N–H and O–H groups in total. The standard InChI is InChI=1S/C23H20N2O/c1-3-10-19(11-4-1)14-9-17-25-22-16-8-7-15-21(22)23(24-25)26-18-20-12-5-2-6-13-20/h1-16H,17-18H2. The van der Waals surface area contributed by atoms with Gasteiger partial charge in [-0.05, 0) is 23.3 Å². The Labute approximate surface area is 153 Å². The van der Waals surface area contributed by atoms with Gasteiger partial charge in [-0.2, -0.15) is 0 Å². The molecule has 0 aliphatic carbocycles. The summed E-state index contributed by atoms with van der Waals surface area (Å²) in [6, 6.07) is 28.6. The number of nitrogens with zero attached hydrogens (tertiary/aromatic N) is 2. The van der Waals surface area contributed by atoms with Crippen LogP contribution in [-0.4, -0.2) is 9.78 Å². The van der Waals surface area contributed by atoms with Gasteiger partial charge in [0.1, 0.15) is 6.61 Å². The molecule has 0 amide bonds. The Morgan fingerprint density at radius 2 is 1.50 bits per heavy atom. The molecule has 0 radical (unpaired) electrons. The Kier molecular flexibility index (Phi) is 4.79. The van der Waals surface area contributed by atoms with Crippen LogP contribution in [0.2, 0.25) is 0 Å². The van der Waals surface area contributed by atoms with Crippen molar-refractivity contribution in [3.63, 3.8) is 0 Å². The molecule has 0 saturated carbocycles. The van der Waals surface area contributed by atoms with Crippen molar-refractivity contribution in [1.82, 2.24) is 9.78 Å². The van der Waals surface area contributed by atoms with Crippen molar-refractivity contribution < 1.29 is 4.74 Å². The summed E-state index contributed by atoms with van der Waals surface area (Å²) in [6.45, 7) is 1.21. The third-order valence-corrected chi connectivity index (χ3v) is 4.23. The fourth-order valence-corrected chi connectivity index (χ4v) is 2.92. The summed E-state index contributed by atoms with van der Waals surface area (Å²) in [7, 11) is 0. The van der Waals surface area contributed by atoms with Crippen molar-refractivity contribution in [3.05, 3.63) is 102 Å². The molecule has 1 aromatic heterocycles. The second kappa shape index (κ2) is 7.70. The normalized spacial score (nSPS) is 11.2. The number of hydrogen-bond acceptors (Lipinski definition) is 2. The maximum absolute atomic E-state index is 5.99. The largest absolute Gasteiger partial charge is 0.471 e. The summed E-state index contributed by atoms with van der Waals surface area (Å²) in [5.74, 6) is 0.678. The summed E-state index contributed by atoms with van der Waals surface area (Å²) in [6.07, 6.45) is 4.23. The van der Waals surface area contributed by atoms with E-state index in [1.807, 2.05) is 53.2 Å². The minimum Gasteiger partial charge on any atom is -0.471 e. The lowest BCUT2D eigenvalue weighted by molar-refractivity contribution is 0.293. The van der Waals surface area contributed by atoms with Crippen LogP contribution < -0.4 is 4.74 Å². The van der Waals surface area contributed by atoms with Gasteiger partial charge in [0.05, 0.1) is 17.4 Å². The molecule has 4 rings (SSSR count). The van der Waals surface area contributed by atoms with Gasteiger partial charge in [0, 0.05) is 0 Å². The van der Waals surface area contributed by atoms with E-state index in [4.69, 9.17) is 4.74 Å². The van der Waals surface area contributed by atoms with E-state index in [0.717, 1.165) is 16.5 Å². The number of rotatable bonds is 6. The summed E-state index contributed by atoms with van der Waals surface area (Å²) < 4.78 is 7.98. The van der Waals surface area contributed by atoms with E-state index in [1.165, 1.54) is 5.56 Å². The fourth-order valence-electron chi connectivity index (χ4n) is 2.92. The van der Waals surface area contributed by atoms with E-state index >= 15 is 0 Å². The average Bonchev–Trinajstić information content (AvgIpc) is 3.06. The van der Waals surface area contributed by atoms with Crippen LogP contribution in [0.5, 0.6) is 5.88 Å². The molecule has 0 spiro atoms. The molecule has 128 valence electrons. The minimum atomic E-state index is 0.516. The number of benzene rings is 3. The van der Waals surface area contributed by atoms with Gasteiger partial charge in [-0.1, -0.05) is 84.9 Å². The lowest BCUT2D eigenvalue weighted by Crippen LogP contribution is -1.99. The third kappa shape index (κ3) is 3.67. The van der Waals surface area contributed by atoms with Crippen molar-refractivity contribution in [2.24, 2.45) is 0 Å². The van der Waals surface area contributed by atoms with E-state index in [9.17, 15) is 0 Å². The molecule has 0 aliphatic heterocycles. The summed E-state index contributed by atoms with van der Waals surface area (Å²) >= 11 is 0. The maximum Gasteiger partial charge on any atom is 0.241 e. The molecule has 26 heavy (non-hydrogen) atoms. The van der Waals surface area contributed by atoms with Crippen molar-refractivity contribution in [1.29, 1.82) is 0 Å². The highest BCUT2D eigenvalue weighted by atomic mass is 16.5. The number of para-hydroxylation sites is 1. The Morgan fingerprint density at radius 3 is 2.31 bits per heavy atom. The van der Waals surface area contributed by atoms with Crippen molar-refractivity contribution in [2.75, 3.05) is 0 Å². The molecule has 3 heteroatoms. The first-order chi connectivity index (χ1) is 12.9. The van der Waals surface area contributed by atoms with Gasteiger partial charge in [-0.15, -0.1) is 5.10 Å². The second-order valence-corrected chi connectivity index (χ2v) is 6.09. The summed E-state index contributed by atoms with van der Waals surface area (Å²) in [5.41, 5.74) is 3.40. The van der Waals surface area contributed by atoms with Crippen molar-refractivity contribution in [2.45, 2.75) is 13.2 Å². The Balaban J connectivity index is 1.54. The first-order valence-corrected chi connectivity index (χ1v) is 8.74. The molecule has 0 bridgehead atoms. The molecule has 3 nitrogen and oxygen atoms in total. The molecular weight excluding hydrogens is 320 g/mol. The Hall–Kier alpha value is -3.33. The number of allylic oxidation sites excluding steroid dienone is 1. The third-order valence-electron chi connectivity index (χ3n) is 4.23. The lowest BCUT2D eigenvalue weighted by atomic mass is 10.2. The molecule has 0 aliphatic rings. The zero-order valence-corrected chi connectivity index (χ0v) is 14.5. The van der Waals surface area contributed by atoms with Crippen LogP contribution in [0, 0.1) is 0 Å². The van der Waals surface area contributed by atoms with E-state index in [0.29, 0.717) is 19.0 Å². The van der Waals surface area contributed by atoms with Crippen molar-refractivity contribution in [3.8, 4) is 5.88 Å². The van der Waals surface area contributed by atoms with Crippen LogP contribution in [-0.2, 0) is 13.2 Å². The second-order valence-electron chi connectivity index (χ2n) is 6.09. The lowest BCUT2D eigenvalue weighted by Gasteiger charge is -2.03. The van der Waals surface area contributed by atoms with Gasteiger partial charge >= 0.3 is 0 Å². The quantitative estimate of drug-likeness (QED) is 0.474. The van der Waals surface area contributed by atoms with Crippen LogP contribution in [0.1, 0.15) is 11.1 Å². The predicted molar refractivity (Wildman–Crippen MR) is 106 cm³/mol. The highest BCUT2D eigenvalue weighted by molar-refractivity contribution is 5.84. The van der Waals surface area contributed by atoms with Crippen LogP contribution in [0.15, 0.2) is 91.0 Å². The van der Waals surface area contributed by atoms with Crippen LogP contribution in [0.25, 0.3) is 17.0 Å². The maximum atomic E-state index is 5.99. The highest BCUT2D eigenvalue weighted by Crippen LogP contribution is 2.25. The molecule has 0 atom stereocenters. The SMILES string of the molecule is C(=Cc1ccccc1)Cn1nc(OCc2ccccc2)c2ccccc21. The monoisotopic (exact) mass is 340 g/mol. The zero-order chi connectivity index (χ0) is 17.6. The molecule has 1 heterocycles. The van der Waals surface area contributed by atoms with Crippen LogP contribution in [0.4, 0.5) is 0 Å². The van der Waals surface area contributed by atoms with Crippen molar-refractivity contribution >= 4 is 17.0 Å². The van der Waals surface area contributed by atoms with E-state index < -0.39 is 0 Å². The van der Waals surface area contributed by atoms with Gasteiger partial charge in [0.25, 0.3) is 0 Å². The molecule has 0 unspecified atom stereocenters. The average molecular weight is 340 g/mol. The van der Waals surface area contributed by atoms with Gasteiger partial charge in [-0.25, -0.2) is 0 Å². The van der Waals surface area contributed by atoms with E-state index in [1.54, 1.807) is 0 Å². The van der Waals surface area contributed by atoms with E-state index in [2.05, 4.69) is 53.6 Å². The first-order valence-electron chi connectivity index (χ1n) is 8.74. The Bertz CT molecular complexity index is 1000. The van der Waals surface area contributed by atoms with Gasteiger partial charge < -0.3 is 4.74 Å². The Morgan fingerprint density at radius 1 is 0.808 bits per heavy atom. The number of ether oxygens (including phenoxy) is 1. The number of hydrogen-bond donors (Lipinski definition) is 0. The van der Waals surface area contributed by atoms with Gasteiger partial charge in [0.15, 0.2) is 0 Å². The van der Waals surface area contributed by atoms with Crippen LogP contribution in [0.3, 0.4) is 0 Å². The topological polar surface area (TPSA) is 27.1 Å². The molecular formula is C23H20N2O. The summed E-state index contributed by atoms with van der Waals surface area (Å²) in [5, 5.41) is 5.72. The molecule has 3 aromatic carbocycles. The number of fused-ring (bicyclic) bond motifs is 1. The number of aromatic nitrogens is 2. The van der Waals surface area contributed by atoms with Gasteiger partial charge in [-0.3, -0.25) is 4.68 Å². The zero-order valence-electron chi connectivity index (χ0n) is 14.5. The highest BCUT2D eigenvalue weighted by Gasteiger charge is 2.10. The fraction of sp³-hybridized carbons (Fsp3) is 0.0870. The van der Waals surface area contributed by atoms with E-state index in [-0.39, 0.29) is 0 Å². The van der Waals surface area contributed by atoms with Crippen LogP contribution >= 0.6 is 0 Å². The predicted octanol–water partition coefficient (Wildman–Crippen LogP) is 5.33. The van der Waals surface area contributed by atoms with Gasteiger partial charge in [0.2, 0.25) is 5.88 Å².